The molecule has 2 unspecified atom stereocenters. The SMILES string of the molecule is O=C(OCCC(F)(F)CS(=O)(=O)[O-])C12CC3CC(CC(O)(C3)C1)C2. The van der Waals surface area contributed by atoms with Crippen molar-refractivity contribution in [2.45, 2.75) is 56.5 Å². The van der Waals surface area contributed by atoms with Crippen LogP contribution in [0.2, 0.25) is 0 Å². The van der Waals surface area contributed by atoms with Crippen molar-refractivity contribution in [3.63, 3.8) is 0 Å². The van der Waals surface area contributed by atoms with E-state index in [1.54, 1.807) is 0 Å². The number of aliphatic hydroxyl groups is 1. The second-order valence-corrected chi connectivity index (χ2v) is 9.31. The van der Waals surface area contributed by atoms with E-state index in [2.05, 4.69) is 0 Å². The predicted molar refractivity (Wildman–Crippen MR) is 77.2 cm³/mol. The van der Waals surface area contributed by atoms with Crippen molar-refractivity contribution < 1.29 is 36.4 Å². The second-order valence-electron chi connectivity index (χ2n) is 7.91. The van der Waals surface area contributed by atoms with Crippen LogP contribution in [-0.4, -0.2) is 47.9 Å². The van der Waals surface area contributed by atoms with Crippen LogP contribution >= 0.6 is 0 Å². The van der Waals surface area contributed by atoms with Crippen molar-refractivity contribution in [2.24, 2.45) is 17.3 Å². The molecule has 6 nitrogen and oxygen atoms in total. The lowest BCUT2D eigenvalue weighted by atomic mass is 9.48. The molecule has 0 amide bonds. The van der Waals surface area contributed by atoms with Gasteiger partial charge in [0.15, 0.2) is 0 Å². The standard InChI is InChI=1S/C15H22F2O6S/c16-15(17,9-24(20,21)22)1-2-23-12(18)13-4-10-3-11(5-13)7-14(19,6-10)8-13/h10-11,19H,1-9H2,(H,20,21,22)/p-1. The Morgan fingerprint density at radius 2 is 1.83 bits per heavy atom. The molecule has 0 radical (unpaired) electrons. The lowest BCUT2D eigenvalue weighted by Crippen LogP contribution is -2.58. The summed E-state index contributed by atoms with van der Waals surface area (Å²) in [4.78, 5) is 12.5. The summed E-state index contributed by atoms with van der Waals surface area (Å²) in [7, 11) is -5.05. The lowest BCUT2D eigenvalue weighted by molar-refractivity contribution is -0.197. The molecule has 138 valence electrons. The molecule has 0 spiro atoms. The second kappa shape index (κ2) is 5.60. The first-order chi connectivity index (χ1) is 10.9. The van der Waals surface area contributed by atoms with Crippen LogP contribution in [0.25, 0.3) is 0 Å². The van der Waals surface area contributed by atoms with Crippen LogP contribution in [-0.2, 0) is 19.6 Å². The van der Waals surface area contributed by atoms with Gasteiger partial charge in [-0.25, -0.2) is 17.2 Å². The van der Waals surface area contributed by atoms with Crippen LogP contribution in [0.1, 0.15) is 44.9 Å². The minimum absolute atomic E-state index is 0.260. The van der Waals surface area contributed by atoms with Crippen molar-refractivity contribution in [3.05, 3.63) is 0 Å². The molecule has 24 heavy (non-hydrogen) atoms. The highest BCUT2D eigenvalue weighted by Gasteiger charge is 2.60. The lowest BCUT2D eigenvalue weighted by Gasteiger charge is -2.58. The van der Waals surface area contributed by atoms with E-state index in [0.717, 1.165) is 6.42 Å². The van der Waals surface area contributed by atoms with Crippen LogP contribution in [0, 0.1) is 17.3 Å². The van der Waals surface area contributed by atoms with Crippen LogP contribution in [0.4, 0.5) is 8.78 Å². The zero-order chi connectivity index (χ0) is 17.8. The average molecular weight is 367 g/mol. The quantitative estimate of drug-likeness (QED) is 0.563. The third kappa shape index (κ3) is 3.72. The van der Waals surface area contributed by atoms with Gasteiger partial charge in [0.2, 0.25) is 0 Å². The maximum Gasteiger partial charge on any atom is 0.312 e. The molecule has 4 bridgehead atoms. The van der Waals surface area contributed by atoms with Gasteiger partial charge in [-0.05, 0) is 50.4 Å². The van der Waals surface area contributed by atoms with E-state index in [9.17, 15) is 31.7 Å². The average Bonchev–Trinajstić information content (AvgIpc) is 2.31. The number of ether oxygens (including phenoxy) is 1. The first-order valence-corrected chi connectivity index (χ1v) is 9.69. The van der Waals surface area contributed by atoms with Crippen molar-refractivity contribution in [2.75, 3.05) is 12.4 Å². The Hall–Kier alpha value is -0.800. The predicted octanol–water partition coefficient (Wildman–Crippen LogP) is 1.43. The van der Waals surface area contributed by atoms with Gasteiger partial charge < -0.3 is 14.4 Å². The molecule has 0 aromatic carbocycles. The monoisotopic (exact) mass is 367 g/mol. The van der Waals surface area contributed by atoms with Crippen LogP contribution in [0.15, 0.2) is 0 Å². The zero-order valence-corrected chi connectivity index (χ0v) is 14.0. The summed E-state index contributed by atoms with van der Waals surface area (Å²) in [6, 6.07) is 0. The van der Waals surface area contributed by atoms with Gasteiger partial charge in [0.05, 0.1) is 17.6 Å². The highest BCUT2D eigenvalue weighted by molar-refractivity contribution is 7.85. The summed E-state index contributed by atoms with van der Waals surface area (Å²) >= 11 is 0. The van der Waals surface area contributed by atoms with E-state index in [1.165, 1.54) is 0 Å². The van der Waals surface area contributed by atoms with E-state index >= 15 is 0 Å². The zero-order valence-electron chi connectivity index (χ0n) is 13.2. The Kier molecular flexibility index (Phi) is 4.20. The fourth-order valence-corrected chi connectivity index (χ4v) is 5.89. The third-order valence-corrected chi connectivity index (χ3v) is 6.33. The van der Waals surface area contributed by atoms with E-state index < -0.39 is 51.8 Å². The first-order valence-electron chi connectivity index (χ1n) is 8.12. The molecule has 4 aliphatic rings. The molecule has 2 atom stereocenters. The molecule has 0 heterocycles. The van der Waals surface area contributed by atoms with Gasteiger partial charge in [-0.1, -0.05) is 0 Å². The summed E-state index contributed by atoms with van der Waals surface area (Å²) in [6.07, 6.45) is 2.85. The van der Waals surface area contributed by atoms with E-state index in [4.69, 9.17) is 4.74 Å². The first kappa shape index (κ1) is 18.0. The number of hydrogen-bond donors (Lipinski definition) is 1. The molecule has 4 fully saturated rings. The Morgan fingerprint density at radius 3 is 2.33 bits per heavy atom. The minimum Gasteiger partial charge on any atom is -0.748 e. The van der Waals surface area contributed by atoms with Gasteiger partial charge in [-0.15, -0.1) is 0 Å². The summed E-state index contributed by atoms with van der Waals surface area (Å²) in [5.74, 6) is -5.59. The van der Waals surface area contributed by atoms with Gasteiger partial charge in [0, 0.05) is 6.42 Å². The Morgan fingerprint density at radius 1 is 1.25 bits per heavy atom. The number of rotatable bonds is 6. The fraction of sp³-hybridized carbons (Fsp3) is 0.933. The maximum atomic E-state index is 13.4. The van der Waals surface area contributed by atoms with Crippen LogP contribution < -0.4 is 0 Å². The fourth-order valence-electron chi connectivity index (χ4n) is 5.23. The third-order valence-electron chi connectivity index (χ3n) is 5.55. The van der Waals surface area contributed by atoms with Crippen LogP contribution in [0.5, 0.6) is 0 Å². The Balaban J connectivity index is 1.58. The molecule has 4 aliphatic carbocycles. The van der Waals surface area contributed by atoms with Gasteiger partial charge >= 0.3 is 5.97 Å². The van der Waals surface area contributed by atoms with Gasteiger partial charge in [-0.3, -0.25) is 4.79 Å². The summed E-state index contributed by atoms with van der Waals surface area (Å²) in [5.41, 5.74) is -1.66. The number of esters is 1. The van der Waals surface area contributed by atoms with Gasteiger partial charge in [0.1, 0.15) is 15.9 Å². The number of carbonyl (C=O) groups is 1. The minimum atomic E-state index is -5.05. The Labute approximate surface area is 139 Å². The number of hydrogen-bond acceptors (Lipinski definition) is 6. The smallest absolute Gasteiger partial charge is 0.312 e. The number of halogens is 2. The molecule has 4 saturated carbocycles. The molecular formula is C15H21F2O6S-. The van der Waals surface area contributed by atoms with Crippen molar-refractivity contribution in [1.29, 1.82) is 0 Å². The Bertz CT molecular complexity index is 618. The van der Waals surface area contributed by atoms with E-state index in [1.807, 2.05) is 0 Å². The normalized spacial score (nSPS) is 38.3. The van der Waals surface area contributed by atoms with E-state index in [-0.39, 0.29) is 11.8 Å². The van der Waals surface area contributed by atoms with E-state index in [0.29, 0.717) is 32.1 Å². The summed E-state index contributed by atoms with van der Waals surface area (Å²) < 4.78 is 63.1. The van der Waals surface area contributed by atoms with Crippen molar-refractivity contribution in [3.8, 4) is 0 Å². The summed E-state index contributed by atoms with van der Waals surface area (Å²) in [6.45, 7) is -0.642. The maximum absolute atomic E-state index is 13.4. The molecule has 0 saturated heterocycles. The van der Waals surface area contributed by atoms with Crippen LogP contribution in [0.3, 0.4) is 0 Å². The number of carbonyl (C=O) groups excluding carboxylic acids is 1. The van der Waals surface area contributed by atoms with Gasteiger partial charge in [-0.2, -0.15) is 0 Å². The highest BCUT2D eigenvalue weighted by Crippen LogP contribution is 2.61. The molecular weight excluding hydrogens is 346 g/mol. The molecule has 9 heteroatoms. The highest BCUT2D eigenvalue weighted by atomic mass is 32.2. The molecule has 0 aromatic heterocycles. The topological polar surface area (TPSA) is 104 Å². The molecule has 1 N–H and O–H groups in total. The molecule has 0 aromatic rings. The van der Waals surface area contributed by atoms with Gasteiger partial charge in [0.25, 0.3) is 5.92 Å². The molecule has 0 aliphatic heterocycles. The van der Waals surface area contributed by atoms with Crippen molar-refractivity contribution >= 4 is 16.1 Å². The number of alkyl halides is 2. The molecule has 4 rings (SSSR count). The largest absolute Gasteiger partial charge is 0.748 e. The van der Waals surface area contributed by atoms with Crippen molar-refractivity contribution in [1.82, 2.24) is 0 Å². The summed E-state index contributed by atoms with van der Waals surface area (Å²) in [5, 5.41) is 10.6.